The Bertz CT molecular complexity index is 1140. The van der Waals surface area contributed by atoms with Crippen LogP contribution in [0.1, 0.15) is 29.5 Å². The van der Waals surface area contributed by atoms with Gasteiger partial charge in [0.1, 0.15) is 0 Å². The molecule has 7 nitrogen and oxygen atoms in total. The summed E-state index contributed by atoms with van der Waals surface area (Å²) < 4.78 is 0. The molecule has 7 heteroatoms. The van der Waals surface area contributed by atoms with Gasteiger partial charge in [-0.3, -0.25) is 24.3 Å². The quantitative estimate of drug-likeness (QED) is 0.499. The van der Waals surface area contributed by atoms with E-state index in [0.29, 0.717) is 12.1 Å². The summed E-state index contributed by atoms with van der Waals surface area (Å²) in [5.41, 5.74) is 1.07. The van der Waals surface area contributed by atoms with E-state index in [0.717, 1.165) is 11.1 Å². The van der Waals surface area contributed by atoms with Crippen molar-refractivity contribution >= 4 is 17.7 Å². The molecule has 1 saturated heterocycles. The van der Waals surface area contributed by atoms with Gasteiger partial charge in [0.15, 0.2) is 0 Å². The number of hydrogen-bond acceptors (Lipinski definition) is 5. The number of rotatable bonds is 9. The number of carbonyl (C=O) groups excluding carboxylic acids is 3. The first-order valence-electron chi connectivity index (χ1n) is 11.3. The molecule has 1 aliphatic rings. The number of aromatic nitrogens is 1. The average Bonchev–Trinajstić information content (AvgIpc) is 3.10. The third kappa shape index (κ3) is 4.89. The zero-order valence-electron chi connectivity index (χ0n) is 18.8. The van der Waals surface area contributed by atoms with Crippen LogP contribution in [0.15, 0.2) is 85.2 Å². The van der Waals surface area contributed by atoms with Crippen LogP contribution >= 0.6 is 0 Å². The zero-order valence-corrected chi connectivity index (χ0v) is 18.8. The Morgan fingerprint density at radius 2 is 1.59 bits per heavy atom. The molecule has 1 N–H and O–H groups in total. The second-order valence-corrected chi connectivity index (χ2v) is 8.47. The summed E-state index contributed by atoms with van der Waals surface area (Å²) in [4.78, 5) is 47.1. The van der Waals surface area contributed by atoms with Crippen LogP contribution in [0.3, 0.4) is 0 Å². The van der Waals surface area contributed by atoms with Gasteiger partial charge in [-0.25, -0.2) is 0 Å². The van der Waals surface area contributed by atoms with E-state index in [4.69, 9.17) is 0 Å². The summed E-state index contributed by atoms with van der Waals surface area (Å²) >= 11 is 0. The molecule has 0 radical (unpaired) electrons. The van der Waals surface area contributed by atoms with E-state index in [9.17, 15) is 19.5 Å². The van der Waals surface area contributed by atoms with Crippen LogP contribution in [-0.4, -0.2) is 50.8 Å². The van der Waals surface area contributed by atoms with Gasteiger partial charge in [-0.15, -0.1) is 0 Å². The zero-order chi connectivity index (χ0) is 24.0. The normalized spacial score (nSPS) is 17.7. The molecule has 4 rings (SSSR count). The highest BCUT2D eigenvalue weighted by Gasteiger charge is 2.54. The molecule has 3 amide bonds. The van der Waals surface area contributed by atoms with Gasteiger partial charge < -0.3 is 10.0 Å². The maximum absolute atomic E-state index is 13.8. The van der Waals surface area contributed by atoms with Gasteiger partial charge >= 0.3 is 0 Å². The third-order valence-corrected chi connectivity index (χ3v) is 6.22. The molecular formula is C27H27N3O4. The van der Waals surface area contributed by atoms with Crippen LogP contribution in [0.25, 0.3) is 0 Å². The van der Waals surface area contributed by atoms with Crippen molar-refractivity contribution in [2.45, 2.75) is 31.3 Å². The summed E-state index contributed by atoms with van der Waals surface area (Å²) in [5.74, 6) is -0.971. The average molecular weight is 458 g/mol. The van der Waals surface area contributed by atoms with E-state index in [1.165, 1.54) is 4.90 Å². The van der Waals surface area contributed by atoms with Gasteiger partial charge in [0.2, 0.25) is 17.7 Å². The molecule has 174 valence electrons. The van der Waals surface area contributed by atoms with Gasteiger partial charge in [0, 0.05) is 38.3 Å². The Hall–Kier alpha value is -3.84. The predicted octanol–water partition coefficient (Wildman–Crippen LogP) is 2.69. The molecule has 1 aromatic heterocycles. The highest BCUT2D eigenvalue weighted by molar-refractivity contribution is 6.10. The molecule has 1 fully saturated rings. The topological polar surface area (TPSA) is 90.8 Å². The lowest BCUT2D eigenvalue weighted by molar-refractivity contribution is -0.143. The number of aliphatic hydroxyl groups excluding tert-OH is 1. The standard InChI is InChI=1S/C27H27N3O4/c31-16-15-29(19-21-7-3-1-4-8-21)24(32)17-27(23-9-5-2-6-10-23)18-25(33)30(26(27)34)20-22-11-13-28-14-12-22/h1-14,31H,15-20H2. The second-order valence-electron chi connectivity index (χ2n) is 8.47. The number of imide groups is 1. The van der Waals surface area contributed by atoms with E-state index in [2.05, 4.69) is 4.98 Å². The molecular weight excluding hydrogens is 430 g/mol. The summed E-state index contributed by atoms with van der Waals surface area (Å²) in [6, 6.07) is 22.0. The van der Waals surface area contributed by atoms with Crippen LogP contribution in [0.4, 0.5) is 0 Å². The molecule has 2 heterocycles. The Morgan fingerprint density at radius 1 is 0.941 bits per heavy atom. The van der Waals surface area contributed by atoms with Gasteiger partial charge in [-0.2, -0.15) is 0 Å². The van der Waals surface area contributed by atoms with Crippen molar-refractivity contribution in [3.8, 4) is 0 Å². The fraction of sp³-hybridized carbons (Fsp3) is 0.259. The van der Waals surface area contributed by atoms with Crippen molar-refractivity contribution in [3.05, 3.63) is 102 Å². The van der Waals surface area contributed by atoms with Crippen LogP contribution in [-0.2, 0) is 32.9 Å². The van der Waals surface area contributed by atoms with E-state index in [-0.39, 0.29) is 50.3 Å². The number of aliphatic hydroxyl groups is 1. The molecule has 1 unspecified atom stereocenters. The van der Waals surface area contributed by atoms with Crippen molar-refractivity contribution in [3.63, 3.8) is 0 Å². The minimum Gasteiger partial charge on any atom is -0.395 e. The highest BCUT2D eigenvalue weighted by Crippen LogP contribution is 2.41. The number of hydrogen-bond donors (Lipinski definition) is 1. The van der Waals surface area contributed by atoms with E-state index < -0.39 is 5.41 Å². The van der Waals surface area contributed by atoms with Crippen LogP contribution in [0, 0.1) is 0 Å². The van der Waals surface area contributed by atoms with Gasteiger partial charge in [0.25, 0.3) is 0 Å². The lowest BCUT2D eigenvalue weighted by Gasteiger charge is -2.30. The molecule has 0 saturated carbocycles. The molecule has 1 aliphatic heterocycles. The van der Waals surface area contributed by atoms with E-state index >= 15 is 0 Å². The summed E-state index contributed by atoms with van der Waals surface area (Å²) in [5, 5.41) is 9.58. The van der Waals surface area contributed by atoms with Crippen molar-refractivity contribution < 1.29 is 19.5 Å². The smallest absolute Gasteiger partial charge is 0.241 e. The number of likely N-dealkylation sites (tertiary alicyclic amines) is 1. The number of nitrogens with zero attached hydrogens (tertiary/aromatic N) is 3. The summed E-state index contributed by atoms with van der Waals surface area (Å²) in [6.45, 7) is 0.390. The molecule has 0 aliphatic carbocycles. The van der Waals surface area contributed by atoms with Crippen LogP contribution < -0.4 is 0 Å². The lowest BCUT2D eigenvalue weighted by Crippen LogP contribution is -2.43. The summed E-state index contributed by atoms with van der Waals surface area (Å²) in [7, 11) is 0. The fourth-order valence-electron chi connectivity index (χ4n) is 4.44. The minimum absolute atomic E-state index is 0.0784. The molecule has 0 bridgehead atoms. The molecule has 34 heavy (non-hydrogen) atoms. The number of amides is 3. The maximum Gasteiger partial charge on any atom is 0.241 e. The van der Waals surface area contributed by atoms with Crippen molar-refractivity contribution in [1.29, 1.82) is 0 Å². The first kappa shape index (κ1) is 23.3. The molecule has 2 aromatic carbocycles. The predicted molar refractivity (Wildman–Crippen MR) is 126 cm³/mol. The van der Waals surface area contributed by atoms with Crippen molar-refractivity contribution in [2.24, 2.45) is 0 Å². The minimum atomic E-state index is -1.28. The largest absolute Gasteiger partial charge is 0.395 e. The Morgan fingerprint density at radius 3 is 2.24 bits per heavy atom. The third-order valence-electron chi connectivity index (χ3n) is 6.22. The molecule has 0 spiro atoms. The summed E-state index contributed by atoms with van der Waals surface area (Å²) in [6.07, 6.45) is 3.00. The number of carbonyl (C=O) groups is 3. The number of pyridine rings is 1. The molecule has 3 aromatic rings. The Kier molecular flexibility index (Phi) is 7.13. The molecule has 1 atom stereocenters. The van der Waals surface area contributed by atoms with E-state index in [1.54, 1.807) is 53.7 Å². The van der Waals surface area contributed by atoms with Crippen LogP contribution in [0.2, 0.25) is 0 Å². The first-order chi connectivity index (χ1) is 16.5. The van der Waals surface area contributed by atoms with Gasteiger partial charge in [-0.1, -0.05) is 60.7 Å². The van der Waals surface area contributed by atoms with E-state index in [1.807, 2.05) is 36.4 Å². The SMILES string of the molecule is O=C(CC1(c2ccccc2)CC(=O)N(Cc2ccncc2)C1=O)N(CCO)Cc1ccccc1. The maximum atomic E-state index is 13.8. The van der Waals surface area contributed by atoms with Crippen molar-refractivity contribution in [2.75, 3.05) is 13.2 Å². The van der Waals surface area contributed by atoms with Gasteiger partial charge in [0.05, 0.1) is 18.6 Å². The highest BCUT2D eigenvalue weighted by atomic mass is 16.3. The first-order valence-corrected chi connectivity index (χ1v) is 11.3. The monoisotopic (exact) mass is 457 g/mol. The van der Waals surface area contributed by atoms with Crippen molar-refractivity contribution in [1.82, 2.24) is 14.8 Å². The Labute approximate surface area is 198 Å². The second kappa shape index (κ2) is 10.4. The van der Waals surface area contributed by atoms with Gasteiger partial charge in [-0.05, 0) is 28.8 Å². The number of benzene rings is 2. The van der Waals surface area contributed by atoms with Crippen LogP contribution in [0.5, 0.6) is 0 Å². The fourth-order valence-corrected chi connectivity index (χ4v) is 4.44. The lowest BCUT2D eigenvalue weighted by atomic mass is 9.75. The Balaban J connectivity index is 1.64.